The van der Waals surface area contributed by atoms with Gasteiger partial charge in [0, 0.05) is 20.2 Å². The van der Waals surface area contributed by atoms with Crippen LogP contribution in [0.1, 0.15) is 40.0 Å². The SMILES string of the molecule is CN(CCC1CCCO1)C(=O)OC(C)(C)C. The summed E-state index contributed by atoms with van der Waals surface area (Å²) in [6.07, 6.45) is 3.22. The smallest absolute Gasteiger partial charge is 0.410 e. The summed E-state index contributed by atoms with van der Waals surface area (Å²) in [5.74, 6) is 0. The highest BCUT2D eigenvalue weighted by Crippen LogP contribution is 2.16. The Kier molecular flexibility index (Phi) is 4.59. The highest BCUT2D eigenvalue weighted by molar-refractivity contribution is 5.67. The molecule has 0 aromatic carbocycles. The molecule has 1 aliphatic rings. The van der Waals surface area contributed by atoms with Crippen molar-refractivity contribution < 1.29 is 14.3 Å². The topological polar surface area (TPSA) is 38.8 Å². The van der Waals surface area contributed by atoms with Crippen LogP contribution < -0.4 is 0 Å². The van der Waals surface area contributed by atoms with Gasteiger partial charge in [0.25, 0.3) is 0 Å². The summed E-state index contributed by atoms with van der Waals surface area (Å²) in [5.41, 5.74) is -0.421. The number of carbonyl (C=O) groups is 1. The first-order valence-corrected chi connectivity index (χ1v) is 5.94. The van der Waals surface area contributed by atoms with Crippen molar-refractivity contribution in [1.82, 2.24) is 4.90 Å². The van der Waals surface area contributed by atoms with Gasteiger partial charge in [-0.05, 0) is 40.0 Å². The molecule has 1 fully saturated rings. The fraction of sp³-hybridized carbons (Fsp3) is 0.917. The molecule has 1 unspecified atom stereocenters. The third-order valence-corrected chi connectivity index (χ3v) is 2.52. The normalized spacial score (nSPS) is 20.9. The Morgan fingerprint density at radius 3 is 2.69 bits per heavy atom. The van der Waals surface area contributed by atoms with Crippen LogP contribution in [0.3, 0.4) is 0 Å². The zero-order valence-electron chi connectivity index (χ0n) is 10.8. The van der Waals surface area contributed by atoms with Gasteiger partial charge in [-0.2, -0.15) is 0 Å². The number of rotatable bonds is 3. The zero-order valence-corrected chi connectivity index (χ0v) is 10.8. The van der Waals surface area contributed by atoms with E-state index >= 15 is 0 Å². The minimum Gasteiger partial charge on any atom is -0.444 e. The monoisotopic (exact) mass is 229 g/mol. The van der Waals surface area contributed by atoms with E-state index in [2.05, 4.69) is 0 Å². The van der Waals surface area contributed by atoms with Crippen LogP contribution in [-0.2, 0) is 9.47 Å². The van der Waals surface area contributed by atoms with Gasteiger partial charge < -0.3 is 14.4 Å². The van der Waals surface area contributed by atoms with Gasteiger partial charge in [0.2, 0.25) is 0 Å². The maximum absolute atomic E-state index is 11.6. The Labute approximate surface area is 97.9 Å². The van der Waals surface area contributed by atoms with E-state index in [0.29, 0.717) is 12.6 Å². The second kappa shape index (κ2) is 5.53. The maximum Gasteiger partial charge on any atom is 0.410 e. The van der Waals surface area contributed by atoms with Crippen molar-refractivity contribution in [3.63, 3.8) is 0 Å². The summed E-state index contributed by atoms with van der Waals surface area (Å²) in [6, 6.07) is 0. The largest absolute Gasteiger partial charge is 0.444 e. The van der Waals surface area contributed by atoms with Crippen molar-refractivity contribution in [3.8, 4) is 0 Å². The average molecular weight is 229 g/mol. The van der Waals surface area contributed by atoms with Crippen molar-refractivity contribution >= 4 is 6.09 Å². The van der Waals surface area contributed by atoms with Gasteiger partial charge in [-0.15, -0.1) is 0 Å². The van der Waals surface area contributed by atoms with Gasteiger partial charge in [-0.25, -0.2) is 4.79 Å². The molecule has 1 atom stereocenters. The molecule has 0 spiro atoms. The van der Waals surface area contributed by atoms with Crippen molar-refractivity contribution in [2.24, 2.45) is 0 Å². The molecule has 4 nitrogen and oxygen atoms in total. The number of nitrogens with zero attached hydrogens (tertiary/aromatic N) is 1. The lowest BCUT2D eigenvalue weighted by Crippen LogP contribution is -2.35. The minimum atomic E-state index is -0.421. The molecule has 1 aliphatic heterocycles. The predicted octanol–water partition coefficient (Wildman–Crippen LogP) is 2.42. The van der Waals surface area contributed by atoms with Crippen LogP contribution in [0.5, 0.6) is 0 Å². The van der Waals surface area contributed by atoms with Gasteiger partial charge in [-0.1, -0.05) is 0 Å². The Morgan fingerprint density at radius 1 is 1.50 bits per heavy atom. The number of carbonyl (C=O) groups excluding carboxylic acids is 1. The van der Waals surface area contributed by atoms with Crippen LogP contribution in [0.15, 0.2) is 0 Å². The summed E-state index contributed by atoms with van der Waals surface area (Å²) in [7, 11) is 1.77. The maximum atomic E-state index is 11.6. The average Bonchev–Trinajstić information content (AvgIpc) is 2.63. The predicted molar refractivity (Wildman–Crippen MR) is 62.5 cm³/mol. The van der Waals surface area contributed by atoms with E-state index in [4.69, 9.17) is 9.47 Å². The van der Waals surface area contributed by atoms with Crippen molar-refractivity contribution in [2.45, 2.75) is 51.7 Å². The van der Waals surface area contributed by atoms with Gasteiger partial charge in [0.05, 0.1) is 6.10 Å². The quantitative estimate of drug-likeness (QED) is 0.746. The summed E-state index contributed by atoms with van der Waals surface area (Å²) in [5, 5.41) is 0. The van der Waals surface area contributed by atoms with E-state index in [-0.39, 0.29) is 6.09 Å². The molecule has 1 rings (SSSR count). The van der Waals surface area contributed by atoms with Crippen molar-refractivity contribution in [1.29, 1.82) is 0 Å². The number of ether oxygens (including phenoxy) is 2. The lowest BCUT2D eigenvalue weighted by atomic mass is 10.2. The molecule has 4 heteroatoms. The van der Waals surface area contributed by atoms with Gasteiger partial charge in [0.1, 0.15) is 5.60 Å². The van der Waals surface area contributed by atoms with Crippen molar-refractivity contribution in [3.05, 3.63) is 0 Å². The molecule has 0 aromatic heterocycles. The van der Waals surface area contributed by atoms with Crippen LogP contribution in [0.4, 0.5) is 4.79 Å². The molecule has 0 N–H and O–H groups in total. The van der Waals surface area contributed by atoms with E-state index in [0.717, 1.165) is 25.9 Å². The molecule has 0 radical (unpaired) electrons. The lowest BCUT2D eigenvalue weighted by Gasteiger charge is -2.25. The second-order valence-electron chi connectivity index (χ2n) is 5.33. The molecule has 0 aromatic rings. The Bertz CT molecular complexity index is 229. The molecule has 1 heterocycles. The number of hydrogen-bond donors (Lipinski definition) is 0. The summed E-state index contributed by atoms with van der Waals surface area (Å²) < 4.78 is 10.8. The van der Waals surface area contributed by atoms with Crippen LogP contribution in [0.25, 0.3) is 0 Å². The fourth-order valence-electron chi connectivity index (χ4n) is 1.64. The van der Waals surface area contributed by atoms with E-state index < -0.39 is 5.60 Å². The molecule has 0 aliphatic carbocycles. The molecule has 16 heavy (non-hydrogen) atoms. The van der Waals surface area contributed by atoms with Gasteiger partial charge in [0.15, 0.2) is 0 Å². The van der Waals surface area contributed by atoms with Crippen LogP contribution in [0, 0.1) is 0 Å². The van der Waals surface area contributed by atoms with Crippen molar-refractivity contribution in [2.75, 3.05) is 20.2 Å². The lowest BCUT2D eigenvalue weighted by molar-refractivity contribution is 0.0260. The standard InChI is InChI=1S/C12H23NO3/c1-12(2,3)16-11(14)13(4)8-7-10-6-5-9-15-10/h10H,5-9H2,1-4H3. The molecule has 1 amide bonds. The van der Waals surface area contributed by atoms with E-state index in [1.54, 1.807) is 11.9 Å². The van der Waals surface area contributed by atoms with Crippen LogP contribution in [0.2, 0.25) is 0 Å². The number of hydrogen-bond acceptors (Lipinski definition) is 3. The van der Waals surface area contributed by atoms with E-state index in [1.807, 2.05) is 20.8 Å². The summed E-state index contributed by atoms with van der Waals surface area (Å²) in [4.78, 5) is 13.2. The van der Waals surface area contributed by atoms with Crippen LogP contribution >= 0.6 is 0 Å². The third kappa shape index (κ3) is 4.84. The molecular formula is C12H23NO3. The van der Waals surface area contributed by atoms with E-state index in [1.165, 1.54) is 0 Å². The number of amides is 1. The Balaban J connectivity index is 2.23. The molecule has 1 saturated heterocycles. The summed E-state index contributed by atoms with van der Waals surface area (Å²) >= 11 is 0. The van der Waals surface area contributed by atoms with Gasteiger partial charge >= 0.3 is 6.09 Å². The molecular weight excluding hydrogens is 206 g/mol. The van der Waals surface area contributed by atoms with E-state index in [9.17, 15) is 4.79 Å². The third-order valence-electron chi connectivity index (χ3n) is 2.52. The Morgan fingerprint density at radius 2 is 2.19 bits per heavy atom. The zero-order chi connectivity index (χ0) is 12.2. The highest BCUT2D eigenvalue weighted by Gasteiger charge is 2.21. The first kappa shape index (κ1) is 13.3. The first-order chi connectivity index (χ1) is 7.38. The molecule has 94 valence electrons. The van der Waals surface area contributed by atoms with Gasteiger partial charge in [-0.3, -0.25) is 0 Å². The van der Waals surface area contributed by atoms with Crippen LogP contribution in [-0.4, -0.2) is 42.9 Å². The Hall–Kier alpha value is -0.770. The molecule has 0 bridgehead atoms. The summed E-state index contributed by atoms with van der Waals surface area (Å²) in [6.45, 7) is 7.18. The molecule has 0 saturated carbocycles. The first-order valence-electron chi connectivity index (χ1n) is 5.94. The fourth-order valence-corrected chi connectivity index (χ4v) is 1.64. The second-order valence-corrected chi connectivity index (χ2v) is 5.33. The minimum absolute atomic E-state index is 0.259. The highest BCUT2D eigenvalue weighted by atomic mass is 16.6.